The van der Waals surface area contributed by atoms with Crippen LogP contribution in [0.5, 0.6) is 5.75 Å². The molecule has 32 heavy (non-hydrogen) atoms. The molecule has 0 spiro atoms. The molecule has 2 atom stereocenters. The van der Waals surface area contributed by atoms with Crippen molar-refractivity contribution in [1.82, 2.24) is 20.6 Å². The van der Waals surface area contributed by atoms with Gasteiger partial charge in [0.25, 0.3) is 0 Å². The van der Waals surface area contributed by atoms with Crippen molar-refractivity contribution in [2.75, 3.05) is 13.2 Å². The zero-order chi connectivity index (χ0) is 21.8. The molecule has 2 aromatic carbocycles. The topological polar surface area (TPSA) is 82.1 Å². The molecule has 1 aromatic heterocycles. The van der Waals surface area contributed by atoms with Crippen molar-refractivity contribution in [3.8, 4) is 16.9 Å². The number of unbranched alkanes of at least 4 members (excludes halogenated alkanes) is 3. The molecule has 1 N–H and O–H groups in total. The first-order valence-corrected chi connectivity index (χ1v) is 11.7. The van der Waals surface area contributed by atoms with Gasteiger partial charge in [-0.05, 0) is 55.4 Å². The lowest BCUT2D eigenvalue weighted by atomic mass is 10.1. The Balaban J connectivity index is 1.13. The van der Waals surface area contributed by atoms with Crippen LogP contribution in [0.25, 0.3) is 11.1 Å². The molecule has 0 radical (unpaired) electrons. The van der Waals surface area contributed by atoms with Crippen LogP contribution in [0.15, 0.2) is 54.6 Å². The quantitative estimate of drug-likeness (QED) is 0.379. The van der Waals surface area contributed by atoms with Gasteiger partial charge in [-0.1, -0.05) is 66.9 Å². The lowest BCUT2D eigenvalue weighted by Crippen LogP contribution is -2.25. The Kier molecular flexibility index (Phi) is 8.63. The highest BCUT2D eigenvalue weighted by Gasteiger charge is 2.23. The summed E-state index contributed by atoms with van der Waals surface area (Å²) >= 11 is 0. The van der Waals surface area contributed by atoms with E-state index in [4.69, 9.17) is 14.2 Å². The molecule has 1 aliphatic heterocycles. The Bertz CT molecular complexity index is 881. The van der Waals surface area contributed by atoms with E-state index in [0.29, 0.717) is 5.82 Å². The fourth-order valence-corrected chi connectivity index (χ4v) is 3.92. The van der Waals surface area contributed by atoms with Crippen molar-refractivity contribution in [3.05, 3.63) is 60.4 Å². The Hall–Kier alpha value is -2.77. The fraction of sp³-hybridized carbons (Fsp3) is 0.480. The third-order valence-corrected chi connectivity index (χ3v) is 5.69. The summed E-state index contributed by atoms with van der Waals surface area (Å²) in [5.41, 5.74) is 2.42. The van der Waals surface area contributed by atoms with E-state index >= 15 is 0 Å². The van der Waals surface area contributed by atoms with Gasteiger partial charge in [0.2, 0.25) is 5.82 Å². The van der Waals surface area contributed by atoms with E-state index in [9.17, 15) is 0 Å². The Morgan fingerprint density at radius 2 is 1.75 bits per heavy atom. The van der Waals surface area contributed by atoms with Crippen molar-refractivity contribution in [2.45, 2.75) is 63.8 Å². The van der Waals surface area contributed by atoms with E-state index in [1.807, 2.05) is 18.2 Å². The van der Waals surface area contributed by atoms with Crippen molar-refractivity contribution < 1.29 is 14.2 Å². The predicted octanol–water partition coefficient (Wildman–Crippen LogP) is 5.48. The number of benzene rings is 2. The standard InChI is InChI=1S/C25H32N4O3/c1(6-12-23(25-26-28-29-27-25)32-24-13-7-9-19-31-24)2-8-18-30-22-16-14-21(15-17-22)20-10-4-3-5-11-20/h3-5,10-11,14-17,23-24H,1-2,6-9,12-13,18-19H2,(H,26,27,28,29). The molecule has 3 aromatic rings. The molecule has 1 saturated heterocycles. The van der Waals surface area contributed by atoms with Crippen LogP contribution in [0.3, 0.4) is 0 Å². The second-order valence-electron chi connectivity index (χ2n) is 8.13. The van der Waals surface area contributed by atoms with E-state index in [1.54, 1.807) is 0 Å². The maximum Gasteiger partial charge on any atom is 0.203 e. The van der Waals surface area contributed by atoms with Gasteiger partial charge in [-0.3, -0.25) is 0 Å². The van der Waals surface area contributed by atoms with Crippen LogP contribution >= 0.6 is 0 Å². The first kappa shape index (κ1) is 22.4. The summed E-state index contributed by atoms with van der Waals surface area (Å²) in [6, 6.07) is 18.7. The molecule has 7 nitrogen and oxygen atoms in total. The highest BCUT2D eigenvalue weighted by molar-refractivity contribution is 5.63. The molecule has 0 bridgehead atoms. The van der Waals surface area contributed by atoms with Crippen LogP contribution in [0, 0.1) is 0 Å². The number of nitrogens with one attached hydrogen (secondary N) is 1. The second kappa shape index (κ2) is 12.3. The molecule has 0 aliphatic carbocycles. The first-order valence-electron chi connectivity index (χ1n) is 11.7. The van der Waals surface area contributed by atoms with Gasteiger partial charge in [0.15, 0.2) is 6.29 Å². The third-order valence-electron chi connectivity index (χ3n) is 5.69. The number of nitrogens with zero attached hydrogens (tertiary/aromatic N) is 3. The number of aromatic nitrogens is 4. The lowest BCUT2D eigenvalue weighted by molar-refractivity contribution is -0.193. The number of rotatable bonds is 12. The molecule has 0 amide bonds. The molecule has 1 aliphatic rings. The first-order chi connectivity index (χ1) is 15.9. The summed E-state index contributed by atoms with van der Waals surface area (Å²) < 4.78 is 17.8. The molecule has 2 unspecified atom stereocenters. The minimum absolute atomic E-state index is 0.158. The zero-order valence-corrected chi connectivity index (χ0v) is 18.5. The molecule has 7 heteroatoms. The molecule has 4 rings (SSSR count). The monoisotopic (exact) mass is 436 g/mol. The number of aromatic amines is 1. The van der Waals surface area contributed by atoms with Crippen LogP contribution in [0.1, 0.15) is 63.3 Å². The SMILES string of the molecule is c1ccc(-c2ccc(OCCCCCCC(OC3CCCCO3)c3nn[nH]n3)cc2)cc1. The van der Waals surface area contributed by atoms with Crippen molar-refractivity contribution in [2.24, 2.45) is 0 Å². The number of tetrazole rings is 1. The number of ether oxygens (including phenoxy) is 3. The number of hydrogen-bond donors (Lipinski definition) is 1. The van der Waals surface area contributed by atoms with Gasteiger partial charge in [0, 0.05) is 6.61 Å². The van der Waals surface area contributed by atoms with E-state index < -0.39 is 0 Å². The van der Waals surface area contributed by atoms with Gasteiger partial charge >= 0.3 is 0 Å². The van der Waals surface area contributed by atoms with E-state index in [2.05, 4.69) is 57.0 Å². The largest absolute Gasteiger partial charge is 0.494 e. The lowest BCUT2D eigenvalue weighted by Gasteiger charge is -2.26. The van der Waals surface area contributed by atoms with Crippen molar-refractivity contribution in [3.63, 3.8) is 0 Å². The van der Waals surface area contributed by atoms with Crippen LogP contribution < -0.4 is 4.74 Å². The summed E-state index contributed by atoms with van der Waals surface area (Å²) in [5.74, 6) is 1.53. The van der Waals surface area contributed by atoms with E-state index in [-0.39, 0.29) is 12.4 Å². The van der Waals surface area contributed by atoms with Gasteiger partial charge in [0.1, 0.15) is 11.9 Å². The average molecular weight is 437 g/mol. The minimum Gasteiger partial charge on any atom is -0.494 e. The molecule has 1 fully saturated rings. The third kappa shape index (κ3) is 6.87. The highest BCUT2D eigenvalue weighted by Crippen LogP contribution is 2.26. The van der Waals surface area contributed by atoms with Crippen LogP contribution in [0.4, 0.5) is 0 Å². The Labute approximate surface area is 189 Å². The smallest absolute Gasteiger partial charge is 0.203 e. The maximum absolute atomic E-state index is 6.13. The van der Waals surface area contributed by atoms with Crippen LogP contribution in [-0.4, -0.2) is 40.1 Å². The van der Waals surface area contributed by atoms with E-state index in [0.717, 1.165) is 70.3 Å². The molecule has 2 heterocycles. The Morgan fingerprint density at radius 1 is 0.938 bits per heavy atom. The molecular weight excluding hydrogens is 404 g/mol. The number of H-pyrrole nitrogens is 1. The van der Waals surface area contributed by atoms with Gasteiger partial charge < -0.3 is 14.2 Å². The van der Waals surface area contributed by atoms with Gasteiger partial charge in [0.05, 0.1) is 6.61 Å². The summed E-state index contributed by atoms with van der Waals surface area (Å²) in [6.45, 7) is 1.49. The average Bonchev–Trinajstić information content (AvgIpc) is 3.39. The minimum atomic E-state index is -0.170. The Morgan fingerprint density at radius 3 is 2.50 bits per heavy atom. The molecular formula is C25H32N4O3. The van der Waals surface area contributed by atoms with E-state index in [1.165, 1.54) is 11.1 Å². The normalized spacial score (nSPS) is 17.2. The summed E-state index contributed by atoms with van der Waals surface area (Å²) in [5, 5.41) is 14.5. The second-order valence-corrected chi connectivity index (χ2v) is 8.13. The zero-order valence-electron chi connectivity index (χ0n) is 18.5. The number of hydrogen-bond acceptors (Lipinski definition) is 6. The maximum atomic E-state index is 6.13. The van der Waals surface area contributed by atoms with Crippen molar-refractivity contribution >= 4 is 0 Å². The van der Waals surface area contributed by atoms with Crippen molar-refractivity contribution in [1.29, 1.82) is 0 Å². The summed E-state index contributed by atoms with van der Waals surface area (Å²) in [4.78, 5) is 0. The summed E-state index contributed by atoms with van der Waals surface area (Å²) in [6.07, 6.45) is 7.99. The van der Waals surface area contributed by atoms with Gasteiger partial charge in [-0.15, -0.1) is 10.2 Å². The van der Waals surface area contributed by atoms with Crippen LogP contribution in [-0.2, 0) is 9.47 Å². The van der Waals surface area contributed by atoms with Gasteiger partial charge in [-0.2, -0.15) is 5.21 Å². The summed E-state index contributed by atoms with van der Waals surface area (Å²) in [7, 11) is 0. The molecule has 170 valence electrons. The van der Waals surface area contributed by atoms with Crippen LogP contribution in [0.2, 0.25) is 0 Å². The molecule has 0 saturated carbocycles. The fourth-order valence-electron chi connectivity index (χ4n) is 3.92. The highest BCUT2D eigenvalue weighted by atomic mass is 16.7. The predicted molar refractivity (Wildman–Crippen MR) is 122 cm³/mol. The van der Waals surface area contributed by atoms with Gasteiger partial charge in [-0.25, -0.2) is 0 Å².